The second-order valence-electron chi connectivity index (χ2n) is 4.59. The Kier molecular flexibility index (Phi) is 31.7. The SMILES string of the molecule is C=C(F)F.OCC(F)F.OC[C-](F)F.OOc1nc(OCC(O)(F)F)nc(OCC(O)(F)F)n1.[CH3-].[Rf].[Rf].[Rf]. The van der Waals surface area contributed by atoms with Crippen molar-refractivity contribution in [1.82, 2.24) is 15.0 Å². The van der Waals surface area contributed by atoms with Gasteiger partial charge in [0.2, 0.25) is 0 Å². The van der Waals surface area contributed by atoms with Crippen LogP contribution in [-0.2, 0) is 0 Å². The molecule has 1 aromatic heterocycles. The van der Waals surface area contributed by atoms with Gasteiger partial charge in [0.15, 0.2) is 13.2 Å². The topological polar surface area (TPSA) is 168 Å². The molecule has 0 aliphatic carbocycles. The number of aliphatic hydroxyl groups is 4. The van der Waals surface area contributed by atoms with E-state index in [2.05, 4.69) is 35.9 Å². The third-order valence-electron chi connectivity index (χ3n) is 1.66. The van der Waals surface area contributed by atoms with Crippen LogP contribution in [0.4, 0.5) is 43.9 Å². The van der Waals surface area contributed by atoms with E-state index in [0.29, 0.717) is 0 Å². The summed E-state index contributed by atoms with van der Waals surface area (Å²) in [6, 6.07) is -2.73. The third-order valence-corrected chi connectivity index (χ3v) is 1.66. The Bertz CT molecular complexity index is 633. The molecule has 0 amide bonds. The van der Waals surface area contributed by atoms with Crippen molar-refractivity contribution in [3.8, 4) is 18.0 Å². The molecule has 24 heteroatoms. The van der Waals surface area contributed by atoms with E-state index in [1.165, 1.54) is 0 Å². The Hall–Kier alpha value is -5.75. The summed E-state index contributed by atoms with van der Waals surface area (Å²) in [5.41, 5.74) is 0. The maximum Gasteiger partial charge on any atom is 0.387 e. The van der Waals surface area contributed by atoms with E-state index in [1.54, 1.807) is 0 Å². The minimum Gasteiger partial charge on any atom is -0.454 e. The Morgan fingerprint density at radius 1 is 0.842 bits per heavy atom. The molecule has 38 heavy (non-hydrogen) atoms. The molecule has 0 radical (unpaired) electrons. The number of aromatic nitrogens is 3. The minimum absolute atomic E-state index is 0. The molecule has 0 aliphatic heterocycles. The molecule has 0 spiro atoms. The molecule has 1 rings (SSSR count). The zero-order valence-corrected chi connectivity index (χ0v) is 38.5. The van der Waals surface area contributed by atoms with E-state index in [9.17, 15) is 43.9 Å². The molecule has 0 unspecified atom stereocenters. The standard InChI is InChI=1S/C7H7F4N3O6.C2H4F2O.C2H3F2O.C2H2F2.CH3.3Rf/c8-6(9,15)1-18-3-12-4(14-5(13-3)20-17)19-2-7(10,11)16;2*3-2(4)1-5;1-2(3)4;;;;/h15-17H,1-2H2;2,5H,1H2;5H,1H2;1H2;1H3;;;/q;;-1;;-1;;;. The van der Waals surface area contributed by atoms with Crippen LogP contribution in [-0.4, -0.2) is 85.7 Å². The normalized spacial score (nSPS) is 9.61. The van der Waals surface area contributed by atoms with Crippen molar-refractivity contribution in [3.63, 3.8) is 0 Å². The molecule has 0 bridgehead atoms. The molecule has 0 aliphatic rings. The first-order valence-electron chi connectivity index (χ1n) is 7.56. The predicted octanol–water partition coefficient (Wildman–Crippen LogP) is 2.15. The van der Waals surface area contributed by atoms with Gasteiger partial charge >= 0.3 is 30.2 Å². The quantitative estimate of drug-likeness (QED) is 0.107. The van der Waals surface area contributed by atoms with E-state index in [4.69, 9.17) is 25.7 Å². The summed E-state index contributed by atoms with van der Waals surface area (Å²) in [6.45, 7) is -3.03. The third kappa shape index (κ3) is 44.0. The Labute approximate surface area is 189 Å². The van der Waals surface area contributed by atoms with Gasteiger partial charge in [-0.1, -0.05) is 0 Å². The van der Waals surface area contributed by atoms with Gasteiger partial charge in [0.05, 0.1) is 0 Å². The summed E-state index contributed by atoms with van der Waals surface area (Å²) in [4.78, 5) is 12.9. The smallest absolute Gasteiger partial charge is 0.387 e. The molecule has 0 atom stereocenters. The van der Waals surface area contributed by atoms with Crippen LogP contribution >= 0.6 is 0 Å². The van der Waals surface area contributed by atoms with Crippen LogP contribution in [0.5, 0.6) is 18.0 Å². The number of ether oxygens (including phenoxy) is 2. The molecule has 0 aromatic carbocycles. The summed E-state index contributed by atoms with van der Waals surface area (Å²) in [5, 5.41) is 39.3. The van der Waals surface area contributed by atoms with E-state index in [0.717, 1.165) is 0 Å². The van der Waals surface area contributed by atoms with Crippen LogP contribution in [0, 0.1) is 13.9 Å². The van der Waals surface area contributed by atoms with Crippen molar-refractivity contribution in [2.24, 2.45) is 0 Å². The number of rotatable bonds is 9. The van der Waals surface area contributed by atoms with Crippen molar-refractivity contribution in [1.29, 1.82) is 0 Å². The molecule has 5 N–H and O–H groups in total. The molecular formula is C14H19F10N3O8Rf3-2. The van der Waals surface area contributed by atoms with Gasteiger partial charge in [-0.3, -0.25) is 4.89 Å². The molecule has 0 saturated carbocycles. The van der Waals surface area contributed by atoms with Crippen LogP contribution in [0.2, 0.25) is 0 Å². The minimum atomic E-state index is -4.20. The number of alkyl halides is 6. The first-order valence-corrected chi connectivity index (χ1v) is 7.56. The van der Waals surface area contributed by atoms with E-state index >= 15 is 0 Å². The molecular weight excluding hydrogens is 1330 g/mol. The number of aliphatic hydroxyl groups excluding tert-OH is 2. The fourth-order valence-corrected chi connectivity index (χ4v) is 0.793. The predicted molar refractivity (Wildman–Crippen MR) is 91.8 cm³/mol. The van der Waals surface area contributed by atoms with Crippen molar-refractivity contribution in [3.05, 3.63) is 26.5 Å². The van der Waals surface area contributed by atoms with Crippen LogP contribution in [0.3, 0.4) is 0 Å². The van der Waals surface area contributed by atoms with Crippen molar-refractivity contribution >= 4 is 0 Å². The van der Waals surface area contributed by atoms with Gasteiger partial charge in [-0.05, 0) is 13.2 Å². The number of nitrogens with zero attached hydrogens (tertiary/aromatic N) is 3. The second kappa shape index (κ2) is 24.4. The molecule has 1 heterocycles. The molecule has 1 aromatic rings. The maximum absolute atomic E-state index is 12.1. The fourth-order valence-electron chi connectivity index (χ4n) is 0.793. The van der Waals surface area contributed by atoms with Crippen molar-refractivity contribution in [2.75, 3.05) is 26.4 Å². The van der Waals surface area contributed by atoms with Crippen LogP contribution < -0.4 is 14.4 Å². The average Bonchev–Trinajstić information content (AvgIpc) is 2.70. The summed E-state index contributed by atoms with van der Waals surface area (Å²) >= 11 is 0. The van der Waals surface area contributed by atoms with E-state index in [-0.39, 0.29) is 7.43 Å². The van der Waals surface area contributed by atoms with Gasteiger partial charge in [-0.25, -0.2) is 8.78 Å². The zero-order valence-electron chi connectivity index (χ0n) is 19.3. The number of hydrogen-bond acceptors (Lipinski definition) is 11. The number of hydrogen-bond donors (Lipinski definition) is 5. The van der Waals surface area contributed by atoms with Gasteiger partial charge in [0.1, 0.15) is 6.61 Å². The first-order chi connectivity index (χ1) is 15.4. The molecule has 11 nitrogen and oxygen atoms in total. The summed E-state index contributed by atoms with van der Waals surface area (Å²) in [6.07, 6.45) is -14.7. The first kappa shape index (κ1) is 49.4. The average molecular weight is 1350 g/mol. The molecule has 216 valence electrons. The summed E-state index contributed by atoms with van der Waals surface area (Å²) in [5.74, 6) is 0. The largest absolute Gasteiger partial charge is 0.454 e. The molecule has 0 fully saturated rings. The fraction of sp³-hybridized carbons (Fsp3) is 0.500. The van der Waals surface area contributed by atoms with Crippen LogP contribution in [0.1, 0.15) is 0 Å². The van der Waals surface area contributed by atoms with Crippen molar-refractivity contribution in [2.45, 2.75) is 18.6 Å². The Morgan fingerprint density at radius 2 is 1.08 bits per heavy atom. The summed E-state index contributed by atoms with van der Waals surface area (Å²) in [7, 11) is 0. The van der Waals surface area contributed by atoms with Crippen molar-refractivity contribution < 1.29 is 83.9 Å². The molecule has 0 saturated heterocycles. The zero-order chi connectivity index (χ0) is 27.5. The van der Waals surface area contributed by atoms with Gasteiger partial charge in [-0.2, -0.15) is 31.6 Å². The second-order valence-corrected chi connectivity index (χ2v) is 4.59. The van der Waals surface area contributed by atoms with Gasteiger partial charge in [-0.15, -0.1) is 15.0 Å². The Morgan fingerprint density at radius 3 is 1.24 bits per heavy atom. The summed E-state index contributed by atoms with van der Waals surface area (Å²) < 4.78 is 119. The monoisotopic (exact) mass is 1350 g/mol. The van der Waals surface area contributed by atoms with Crippen LogP contribution in [0.25, 0.3) is 0 Å². The number of halogens is 10. The maximum atomic E-state index is 12.1. The van der Waals surface area contributed by atoms with E-state index < -0.39 is 75.6 Å². The van der Waals surface area contributed by atoms with Gasteiger partial charge < -0.3 is 46.1 Å². The van der Waals surface area contributed by atoms with Gasteiger partial charge in [0, 0.05) is 6.43 Å². The Balaban J connectivity index is -0.0000000894. The van der Waals surface area contributed by atoms with E-state index in [1.807, 2.05) is 0 Å². The van der Waals surface area contributed by atoms with Crippen LogP contribution in [0.15, 0.2) is 12.7 Å². The van der Waals surface area contributed by atoms with Gasteiger partial charge in [0.25, 0.3) is 12.5 Å².